The first-order valence-electron chi connectivity index (χ1n) is 6.53. The molecule has 0 aromatic rings. The Hall–Kier alpha value is -0.440. The molecule has 0 aliphatic carbocycles. The van der Waals surface area contributed by atoms with Crippen molar-refractivity contribution >= 4 is 0 Å². The maximum Gasteiger partial charge on any atom is 0.184 e. The third kappa shape index (κ3) is 4.53. The summed E-state index contributed by atoms with van der Waals surface area (Å²) >= 11 is 0. The van der Waals surface area contributed by atoms with Crippen LogP contribution in [0.25, 0.3) is 0 Å². The Morgan fingerprint density at radius 3 is 1.73 bits per heavy atom. The van der Waals surface area contributed by atoms with Gasteiger partial charge in [-0.2, -0.15) is 0 Å². The SMILES string of the molecule is OC1OC[C@@H](O)[C@H](O)[C@H]1O.OC[C@H]1O[C@H](O)[C@H](O)[C@@H](O)[C@@H]1O. The zero-order valence-electron chi connectivity index (χ0n) is 11.5. The molecule has 2 fully saturated rings. The highest BCUT2D eigenvalue weighted by Gasteiger charge is 2.42. The second kappa shape index (κ2) is 8.42. The Bertz CT molecular complexity index is 310. The van der Waals surface area contributed by atoms with Crippen LogP contribution < -0.4 is 0 Å². The van der Waals surface area contributed by atoms with E-state index in [4.69, 9.17) is 46.0 Å². The lowest BCUT2D eigenvalue weighted by Crippen LogP contribution is -2.58. The zero-order chi connectivity index (χ0) is 17.0. The fourth-order valence-electron chi connectivity index (χ4n) is 1.87. The lowest BCUT2D eigenvalue weighted by molar-refractivity contribution is -0.286. The normalized spacial score (nSPS) is 49.2. The van der Waals surface area contributed by atoms with Gasteiger partial charge in [-0.1, -0.05) is 0 Å². The highest BCUT2D eigenvalue weighted by molar-refractivity contribution is 4.88. The van der Waals surface area contributed by atoms with Gasteiger partial charge in [-0.25, -0.2) is 0 Å². The molecule has 2 saturated heterocycles. The van der Waals surface area contributed by atoms with E-state index >= 15 is 0 Å². The molecule has 9 N–H and O–H groups in total. The minimum atomic E-state index is -1.57. The number of hydrogen-bond acceptors (Lipinski definition) is 11. The summed E-state index contributed by atoms with van der Waals surface area (Å²) in [5.41, 5.74) is 0. The number of rotatable bonds is 1. The number of hydrogen-bond donors (Lipinski definition) is 9. The molecule has 11 heteroatoms. The first-order chi connectivity index (χ1) is 10.2. The Morgan fingerprint density at radius 2 is 1.23 bits per heavy atom. The van der Waals surface area contributed by atoms with Crippen LogP contribution in [0.4, 0.5) is 0 Å². The largest absolute Gasteiger partial charge is 0.394 e. The van der Waals surface area contributed by atoms with Crippen molar-refractivity contribution in [3.05, 3.63) is 0 Å². The van der Waals surface area contributed by atoms with Gasteiger partial charge in [0.25, 0.3) is 0 Å². The molecule has 22 heavy (non-hydrogen) atoms. The van der Waals surface area contributed by atoms with E-state index in [2.05, 4.69) is 9.47 Å². The number of ether oxygens (including phenoxy) is 2. The molecule has 2 aliphatic rings. The Morgan fingerprint density at radius 1 is 0.682 bits per heavy atom. The van der Waals surface area contributed by atoms with E-state index in [0.29, 0.717) is 0 Å². The first-order valence-corrected chi connectivity index (χ1v) is 6.53. The van der Waals surface area contributed by atoms with Crippen LogP contribution in [0.1, 0.15) is 0 Å². The van der Waals surface area contributed by atoms with Crippen LogP contribution in [0.15, 0.2) is 0 Å². The standard InChI is InChI=1S/C6H12O6.C5H10O5/c7-1-2-3(8)4(9)5(10)6(11)12-2;6-2-1-10-5(9)4(8)3(2)7/h2-11H,1H2;2-9H,1H2/t2-,3-,4+,5-,6+;2-,3+,4-,5?/m11/s1. The topological polar surface area (TPSA) is 201 Å². The summed E-state index contributed by atoms with van der Waals surface area (Å²) in [6.07, 6.45) is -12.3. The molecule has 11 nitrogen and oxygen atoms in total. The maximum atomic E-state index is 9.12. The minimum Gasteiger partial charge on any atom is -0.394 e. The van der Waals surface area contributed by atoms with Crippen LogP contribution in [-0.4, -0.2) is 114 Å². The van der Waals surface area contributed by atoms with Gasteiger partial charge >= 0.3 is 0 Å². The van der Waals surface area contributed by atoms with Crippen LogP contribution in [0.5, 0.6) is 0 Å². The van der Waals surface area contributed by atoms with E-state index in [1.165, 1.54) is 0 Å². The van der Waals surface area contributed by atoms with Crippen LogP contribution >= 0.6 is 0 Å². The average molecular weight is 330 g/mol. The molecule has 2 rings (SSSR count). The van der Waals surface area contributed by atoms with Gasteiger partial charge in [0.05, 0.1) is 13.2 Å². The third-order valence-corrected chi connectivity index (χ3v) is 3.34. The molecule has 0 saturated carbocycles. The fourth-order valence-corrected chi connectivity index (χ4v) is 1.87. The summed E-state index contributed by atoms with van der Waals surface area (Å²) in [6.45, 7) is -0.679. The molecule has 0 radical (unpaired) electrons. The van der Waals surface area contributed by atoms with Crippen LogP contribution in [0, 0.1) is 0 Å². The van der Waals surface area contributed by atoms with Crippen molar-refractivity contribution < 1.29 is 55.4 Å². The molecule has 0 bridgehead atoms. The van der Waals surface area contributed by atoms with Crippen molar-refractivity contribution in [1.29, 1.82) is 0 Å². The molecular formula is C11H22O11. The van der Waals surface area contributed by atoms with Gasteiger partial charge < -0.3 is 55.4 Å². The second-order valence-corrected chi connectivity index (χ2v) is 4.99. The molecule has 0 spiro atoms. The highest BCUT2D eigenvalue weighted by Crippen LogP contribution is 2.19. The van der Waals surface area contributed by atoms with Crippen molar-refractivity contribution in [1.82, 2.24) is 0 Å². The van der Waals surface area contributed by atoms with Crippen molar-refractivity contribution in [3.63, 3.8) is 0 Å². The number of aliphatic hydroxyl groups excluding tert-OH is 9. The van der Waals surface area contributed by atoms with E-state index in [1.54, 1.807) is 0 Å². The zero-order valence-corrected chi connectivity index (χ0v) is 11.5. The van der Waals surface area contributed by atoms with Gasteiger partial charge in [0, 0.05) is 0 Å². The second-order valence-electron chi connectivity index (χ2n) is 4.99. The molecule has 9 atom stereocenters. The van der Waals surface area contributed by atoms with Crippen molar-refractivity contribution in [2.24, 2.45) is 0 Å². The van der Waals surface area contributed by atoms with Crippen LogP contribution in [0.2, 0.25) is 0 Å². The molecule has 132 valence electrons. The maximum absolute atomic E-state index is 9.12. The molecule has 2 aliphatic heterocycles. The van der Waals surface area contributed by atoms with Gasteiger partial charge in [0.1, 0.15) is 42.7 Å². The summed E-state index contributed by atoms with van der Waals surface area (Å²) in [7, 11) is 0. The predicted molar refractivity (Wildman–Crippen MR) is 66.0 cm³/mol. The molecule has 0 aromatic heterocycles. The summed E-state index contributed by atoms with van der Waals surface area (Å²) in [5.74, 6) is 0. The van der Waals surface area contributed by atoms with Gasteiger partial charge in [-0.3, -0.25) is 0 Å². The van der Waals surface area contributed by atoms with E-state index in [9.17, 15) is 0 Å². The van der Waals surface area contributed by atoms with E-state index in [1.807, 2.05) is 0 Å². The highest BCUT2D eigenvalue weighted by atomic mass is 16.6. The van der Waals surface area contributed by atoms with Gasteiger partial charge in [0.2, 0.25) is 0 Å². The van der Waals surface area contributed by atoms with Gasteiger partial charge in [0.15, 0.2) is 12.6 Å². The quantitative estimate of drug-likeness (QED) is 0.222. The predicted octanol–water partition coefficient (Wildman–Crippen LogP) is -5.80. The Labute approximate surface area is 125 Å². The fraction of sp³-hybridized carbons (Fsp3) is 1.00. The monoisotopic (exact) mass is 330 g/mol. The van der Waals surface area contributed by atoms with Gasteiger partial charge in [-0.05, 0) is 0 Å². The minimum absolute atomic E-state index is 0.153. The first kappa shape index (κ1) is 19.6. The van der Waals surface area contributed by atoms with Crippen molar-refractivity contribution in [2.75, 3.05) is 13.2 Å². The van der Waals surface area contributed by atoms with E-state index in [-0.39, 0.29) is 6.61 Å². The summed E-state index contributed by atoms with van der Waals surface area (Å²) in [4.78, 5) is 0. The molecular weight excluding hydrogens is 308 g/mol. The van der Waals surface area contributed by atoms with Crippen molar-refractivity contribution in [2.45, 2.75) is 55.3 Å². The van der Waals surface area contributed by atoms with E-state index < -0.39 is 61.9 Å². The Balaban J connectivity index is 0.000000224. The lowest BCUT2D eigenvalue weighted by Gasteiger charge is -2.37. The Kier molecular flexibility index (Phi) is 7.51. The lowest BCUT2D eigenvalue weighted by atomic mass is 10.00. The molecule has 0 aromatic carbocycles. The molecule has 0 amide bonds. The summed E-state index contributed by atoms with van der Waals surface area (Å²) in [5, 5.41) is 79.9. The molecule has 1 unspecified atom stereocenters. The summed E-state index contributed by atoms with van der Waals surface area (Å²) in [6, 6.07) is 0. The van der Waals surface area contributed by atoms with Crippen LogP contribution in [-0.2, 0) is 9.47 Å². The number of aliphatic hydroxyl groups is 9. The smallest absolute Gasteiger partial charge is 0.184 e. The summed E-state index contributed by atoms with van der Waals surface area (Å²) < 4.78 is 9.04. The third-order valence-electron chi connectivity index (χ3n) is 3.34. The van der Waals surface area contributed by atoms with E-state index in [0.717, 1.165) is 0 Å². The van der Waals surface area contributed by atoms with Crippen molar-refractivity contribution in [3.8, 4) is 0 Å². The average Bonchev–Trinajstić information content (AvgIpc) is 2.51. The van der Waals surface area contributed by atoms with Gasteiger partial charge in [-0.15, -0.1) is 0 Å². The molecule has 2 heterocycles. The van der Waals surface area contributed by atoms with Crippen LogP contribution in [0.3, 0.4) is 0 Å².